The van der Waals surface area contributed by atoms with E-state index in [4.69, 9.17) is 4.52 Å². The van der Waals surface area contributed by atoms with E-state index in [1.807, 2.05) is 41.3 Å². The van der Waals surface area contributed by atoms with Gasteiger partial charge in [-0.3, -0.25) is 9.69 Å². The lowest BCUT2D eigenvalue weighted by Gasteiger charge is -2.42. The highest BCUT2D eigenvalue weighted by Gasteiger charge is 2.36. The molecular weight excluding hydrogens is 384 g/mol. The van der Waals surface area contributed by atoms with Gasteiger partial charge in [0.25, 0.3) is 5.56 Å². The number of likely N-dealkylation sites (tertiary alicyclic amines) is 1. The number of piperidine rings is 1. The molecule has 2 amide bonds. The summed E-state index contributed by atoms with van der Waals surface area (Å²) in [5.74, 6) is 1.79. The first-order chi connectivity index (χ1) is 14.5. The van der Waals surface area contributed by atoms with Gasteiger partial charge in [-0.15, -0.1) is 0 Å². The van der Waals surface area contributed by atoms with E-state index in [0.717, 1.165) is 17.7 Å². The average Bonchev–Trinajstić information content (AvgIpc) is 3.18. The first-order valence-corrected chi connectivity index (χ1v) is 10.7. The number of aryl methyl sites for hydroxylation is 1. The first kappa shape index (κ1) is 20.6. The molecule has 2 aliphatic heterocycles. The van der Waals surface area contributed by atoms with Gasteiger partial charge in [-0.1, -0.05) is 18.1 Å². The summed E-state index contributed by atoms with van der Waals surface area (Å²) in [6.45, 7) is 7.61. The normalized spacial score (nSPS) is 20.3. The van der Waals surface area contributed by atoms with Crippen LogP contribution in [0.5, 0.6) is 0 Å². The molecule has 0 aromatic carbocycles. The van der Waals surface area contributed by atoms with Gasteiger partial charge in [0.15, 0.2) is 5.82 Å². The molecule has 9 heteroatoms. The van der Waals surface area contributed by atoms with Crippen molar-refractivity contribution in [2.45, 2.75) is 52.2 Å². The lowest BCUT2D eigenvalue weighted by atomic mass is 9.83. The molecule has 30 heavy (non-hydrogen) atoms. The SMILES string of the molecule is CCNC(=O)N1C[C@@H]2C[C@H](C1)c1ccc(CN(C)Cc3noc(CC)n3)c(=O)n1C2. The number of amides is 2. The predicted octanol–water partition coefficient (Wildman–Crippen LogP) is 1.57. The minimum absolute atomic E-state index is 0.00561. The topological polar surface area (TPSA) is 96.5 Å². The highest BCUT2D eigenvalue weighted by molar-refractivity contribution is 5.74. The molecule has 0 aliphatic carbocycles. The monoisotopic (exact) mass is 414 g/mol. The summed E-state index contributed by atoms with van der Waals surface area (Å²) in [7, 11) is 1.95. The largest absolute Gasteiger partial charge is 0.339 e. The van der Waals surface area contributed by atoms with Crippen LogP contribution >= 0.6 is 0 Å². The van der Waals surface area contributed by atoms with E-state index in [9.17, 15) is 9.59 Å². The van der Waals surface area contributed by atoms with Gasteiger partial charge < -0.3 is 19.3 Å². The van der Waals surface area contributed by atoms with E-state index in [1.165, 1.54) is 0 Å². The van der Waals surface area contributed by atoms with Crippen molar-refractivity contribution in [2.75, 3.05) is 26.7 Å². The summed E-state index contributed by atoms with van der Waals surface area (Å²) in [6.07, 6.45) is 1.74. The van der Waals surface area contributed by atoms with Crippen LogP contribution in [-0.2, 0) is 26.1 Å². The van der Waals surface area contributed by atoms with Gasteiger partial charge in [0, 0.05) is 56.3 Å². The average molecular weight is 415 g/mol. The third-order valence-electron chi connectivity index (χ3n) is 5.96. The van der Waals surface area contributed by atoms with Crippen LogP contribution in [0.15, 0.2) is 21.5 Å². The Bertz CT molecular complexity index is 968. The molecule has 0 radical (unpaired) electrons. The van der Waals surface area contributed by atoms with Crippen molar-refractivity contribution < 1.29 is 9.32 Å². The fourth-order valence-electron chi connectivity index (χ4n) is 4.63. The second-order valence-corrected chi connectivity index (χ2v) is 8.37. The molecule has 0 spiro atoms. The van der Waals surface area contributed by atoms with Crippen molar-refractivity contribution >= 4 is 6.03 Å². The second-order valence-electron chi connectivity index (χ2n) is 8.37. The fraction of sp³-hybridized carbons (Fsp3) is 0.619. The molecule has 162 valence electrons. The molecule has 2 bridgehead atoms. The molecule has 1 N–H and O–H groups in total. The minimum atomic E-state index is -0.00561. The molecule has 4 rings (SSSR count). The predicted molar refractivity (Wildman–Crippen MR) is 111 cm³/mol. The zero-order valence-corrected chi connectivity index (χ0v) is 17.9. The van der Waals surface area contributed by atoms with Crippen LogP contribution in [0.25, 0.3) is 0 Å². The molecule has 2 atom stereocenters. The third kappa shape index (κ3) is 4.12. The van der Waals surface area contributed by atoms with E-state index in [1.54, 1.807) is 0 Å². The zero-order valence-electron chi connectivity index (χ0n) is 17.9. The molecule has 0 saturated carbocycles. The van der Waals surface area contributed by atoms with E-state index >= 15 is 0 Å². The van der Waals surface area contributed by atoms with E-state index < -0.39 is 0 Å². The maximum Gasteiger partial charge on any atom is 0.317 e. The summed E-state index contributed by atoms with van der Waals surface area (Å²) < 4.78 is 7.09. The molecule has 0 unspecified atom stereocenters. The van der Waals surface area contributed by atoms with Gasteiger partial charge in [0.1, 0.15) is 0 Å². The molecule has 1 saturated heterocycles. The summed E-state index contributed by atoms with van der Waals surface area (Å²) in [5, 5.41) is 6.88. The maximum atomic E-state index is 13.2. The van der Waals surface area contributed by atoms with Gasteiger partial charge in [-0.2, -0.15) is 4.98 Å². The van der Waals surface area contributed by atoms with Crippen molar-refractivity contribution in [3.8, 4) is 0 Å². The third-order valence-corrected chi connectivity index (χ3v) is 5.96. The van der Waals surface area contributed by atoms with E-state index in [-0.39, 0.29) is 17.5 Å². The van der Waals surface area contributed by atoms with Gasteiger partial charge in [0.05, 0.1) is 6.54 Å². The Labute approximate surface area is 176 Å². The number of hydrogen-bond acceptors (Lipinski definition) is 6. The summed E-state index contributed by atoms with van der Waals surface area (Å²) in [5.41, 5.74) is 1.88. The lowest BCUT2D eigenvalue weighted by Crippen LogP contribution is -2.52. The van der Waals surface area contributed by atoms with Crippen LogP contribution in [0, 0.1) is 5.92 Å². The molecule has 9 nitrogen and oxygen atoms in total. The molecule has 4 heterocycles. The molecule has 2 aromatic heterocycles. The van der Waals surface area contributed by atoms with Crippen LogP contribution in [0.4, 0.5) is 4.79 Å². The summed E-state index contributed by atoms with van der Waals surface area (Å²) in [4.78, 5) is 33.7. The van der Waals surface area contributed by atoms with Gasteiger partial charge in [-0.05, 0) is 32.4 Å². The number of fused-ring (bicyclic) bond motifs is 4. The Hall–Kier alpha value is -2.68. The van der Waals surface area contributed by atoms with Crippen LogP contribution in [0.2, 0.25) is 0 Å². The lowest BCUT2D eigenvalue weighted by molar-refractivity contribution is 0.131. The Morgan fingerprint density at radius 3 is 2.83 bits per heavy atom. The number of carbonyl (C=O) groups excluding carboxylic acids is 1. The second kappa shape index (κ2) is 8.59. The highest BCUT2D eigenvalue weighted by Crippen LogP contribution is 2.35. The quantitative estimate of drug-likeness (QED) is 0.771. The van der Waals surface area contributed by atoms with E-state index in [0.29, 0.717) is 63.3 Å². The van der Waals surface area contributed by atoms with Crippen LogP contribution < -0.4 is 10.9 Å². The number of nitrogens with zero attached hydrogens (tertiary/aromatic N) is 5. The van der Waals surface area contributed by atoms with Gasteiger partial charge >= 0.3 is 6.03 Å². The number of rotatable bonds is 6. The maximum absolute atomic E-state index is 13.2. The number of nitrogens with one attached hydrogen (secondary N) is 1. The summed E-state index contributed by atoms with van der Waals surface area (Å²) >= 11 is 0. The van der Waals surface area contributed by atoms with Crippen LogP contribution in [0.3, 0.4) is 0 Å². The molecular formula is C21H30N6O3. The van der Waals surface area contributed by atoms with Crippen molar-refractivity contribution in [3.05, 3.63) is 45.5 Å². The van der Waals surface area contributed by atoms with Crippen LogP contribution in [0.1, 0.15) is 49.2 Å². The van der Waals surface area contributed by atoms with Gasteiger partial charge in [0.2, 0.25) is 5.89 Å². The Morgan fingerprint density at radius 1 is 1.27 bits per heavy atom. The van der Waals surface area contributed by atoms with Crippen molar-refractivity contribution in [3.63, 3.8) is 0 Å². The number of carbonyl (C=O) groups is 1. The minimum Gasteiger partial charge on any atom is -0.339 e. The summed E-state index contributed by atoms with van der Waals surface area (Å²) in [6, 6.07) is 3.99. The van der Waals surface area contributed by atoms with Crippen LogP contribution in [-0.4, -0.2) is 57.2 Å². The number of pyridine rings is 1. The van der Waals surface area contributed by atoms with Gasteiger partial charge in [-0.25, -0.2) is 4.79 Å². The molecule has 2 aromatic rings. The Morgan fingerprint density at radius 2 is 2.10 bits per heavy atom. The van der Waals surface area contributed by atoms with Crippen molar-refractivity contribution in [2.24, 2.45) is 5.92 Å². The number of aromatic nitrogens is 3. The molecule has 1 fully saturated rings. The van der Waals surface area contributed by atoms with Crippen molar-refractivity contribution in [1.29, 1.82) is 0 Å². The van der Waals surface area contributed by atoms with Crippen molar-refractivity contribution in [1.82, 2.24) is 29.8 Å². The first-order valence-electron chi connectivity index (χ1n) is 10.7. The number of urea groups is 1. The molecule has 2 aliphatic rings. The van der Waals surface area contributed by atoms with E-state index in [2.05, 4.69) is 21.5 Å². The number of hydrogen-bond donors (Lipinski definition) is 1. The standard InChI is InChI=1S/C21H30N6O3/c1-4-19-23-18(24-30-19)13-25(3)11-15-6-7-17-16-8-14(10-27(17)20(15)28)9-26(12-16)21(29)22-5-2/h6-7,14,16H,4-5,8-13H2,1-3H3,(H,22,29)/t14-,16+/m0/s1. The highest BCUT2D eigenvalue weighted by atomic mass is 16.5. The Kier molecular flexibility index (Phi) is 5.90. The Balaban J connectivity index is 1.48. The fourth-order valence-corrected chi connectivity index (χ4v) is 4.63. The zero-order chi connectivity index (χ0) is 21.3. The smallest absolute Gasteiger partial charge is 0.317 e.